The maximum absolute atomic E-state index is 10.3. The average molecular weight is 681 g/mol. The smallest absolute Gasteiger partial charge is 0.155 e. The van der Waals surface area contributed by atoms with Crippen LogP contribution < -0.4 is 5.19 Å². The Labute approximate surface area is 232 Å². The van der Waals surface area contributed by atoms with E-state index >= 15 is 0 Å². The minimum Gasteiger partial charge on any atom is -0.512 e. The molecule has 5 heteroatoms. The number of hydrogen-bond donors (Lipinski definition) is 1. The molecule has 3 aromatic rings. The summed E-state index contributed by atoms with van der Waals surface area (Å²) in [5.74, 6) is 0.673. The number of hydrogen-bond acceptors (Lipinski definition) is 3. The van der Waals surface area contributed by atoms with Crippen LogP contribution in [-0.4, -0.2) is 23.9 Å². The molecule has 1 unspecified atom stereocenters. The van der Waals surface area contributed by atoms with E-state index in [2.05, 4.69) is 89.8 Å². The zero-order valence-electron chi connectivity index (χ0n) is 23.4. The molecule has 197 valence electrons. The summed E-state index contributed by atoms with van der Waals surface area (Å²) in [6, 6.07) is 17.1. The number of aromatic nitrogens is 1. The monoisotopic (exact) mass is 681 g/mol. The van der Waals surface area contributed by atoms with Crippen molar-refractivity contribution in [1.29, 1.82) is 0 Å². The Kier molecular flexibility index (Phi) is 12.4. The first-order valence-electron chi connectivity index (χ1n) is 12.7. The van der Waals surface area contributed by atoms with Crippen LogP contribution in [0.15, 0.2) is 48.2 Å². The molecule has 0 fully saturated rings. The number of carbonyl (C=O) groups is 1. The molecular formula is C31H42IrNO2Si-. The molecule has 0 saturated heterocycles. The second kappa shape index (κ2) is 14.0. The Morgan fingerprint density at radius 3 is 2.31 bits per heavy atom. The maximum Gasteiger partial charge on any atom is 0.155 e. The molecule has 0 spiro atoms. The fourth-order valence-electron chi connectivity index (χ4n) is 4.14. The fraction of sp³-hybridized carbons (Fsp3) is 0.419. The van der Waals surface area contributed by atoms with Crippen molar-refractivity contribution in [2.24, 2.45) is 0 Å². The number of carbonyl (C=O) groups excluding carboxylic acids is 1. The quantitative estimate of drug-likeness (QED) is 0.119. The van der Waals surface area contributed by atoms with Crippen LogP contribution >= 0.6 is 0 Å². The first-order chi connectivity index (χ1) is 16.3. The first-order valence-corrected chi connectivity index (χ1v) is 16.2. The number of allylic oxidation sites excluding steroid dienone is 2. The molecule has 1 atom stereocenters. The van der Waals surface area contributed by atoms with Crippen LogP contribution in [0.3, 0.4) is 0 Å². The van der Waals surface area contributed by atoms with E-state index in [0.29, 0.717) is 12.3 Å². The van der Waals surface area contributed by atoms with Gasteiger partial charge in [0.25, 0.3) is 0 Å². The predicted octanol–water partition coefficient (Wildman–Crippen LogP) is 8.19. The summed E-state index contributed by atoms with van der Waals surface area (Å²) in [6.07, 6.45) is 3.88. The van der Waals surface area contributed by atoms with Crippen LogP contribution in [0, 0.1) is 19.9 Å². The molecule has 1 aromatic heterocycles. The van der Waals surface area contributed by atoms with Crippen molar-refractivity contribution in [3.63, 3.8) is 0 Å². The number of fused-ring (bicyclic) bond motifs is 1. The van der Waals surface area contributed by atoms with Crippen LogP contribution in [-0.2, 0) is 24.9 Å². The van der Waals surface area contributed by atoms with Gasteiger partial charge < -0.3 is 5.11 Å². The Morgan fingerprint density at radius 1 is 1.11 bits per heavy atom. The molecule has 3 nitrogen and oxygen atoms in total. The standard InChI is InChI=1S/C24H30NSi.C7H12O2.Ir/c1-8-18(4)19-9-10-22-21(14-19)24(26(5,6)7)15-23(25-22)20-12-16(2)11-17(3)13-20;1-3-4-7(9)5-6(2)8;/h9-12,14-15,18H,8H2,1-7H3;5,9H,3-4H2,1-2H3;/q-1;;/b;7-5-;. The molecule has 0 saturated carbocycles. The van der Waals surface area contributed by atoms with Gasteiger partial charge in [0.05, 0.1) is 19.3 Å². The summed E-state index contributed by atoms with van der Waals surface area (Å²) in [7, 11) is -1.51. The summed E-state index contributed by atoms with van der Waals surface area (Å²) in [6.45, 7) is 19.5. The largest absolute Gasteiger partial charge is 0.512 e. The summed E-state index contributed by atoms with van der Waals surface area (Å²) >= 11 is 0. The van der Waals surface area contributed by atoms with Gasteiger partial charge in [-0.25, -0.2) is 0 Å². The van der Waals surface area contributed by atoms with Crippen molar-refractivity contribution in [2.75, 3.05) is 0 Å². The fourth-order valence-corrected chi connectivity index (χ4v) is 5.72. The van der Waals surface area contributed by atoms with E-state index in [9.17, 15) is 4.79 Å². The number of nitrogens with zero attached hydrogens (tertiary/aromatic N) is 1. The van der Waals surface area contributed by atoms with Crippen molar-refractivity contribution in [3.05, 3.63) is 71.0 Å². The van der Waals surface area contributed by atoms with E-state index in [0.717, 1.165) is 29.6 Å². The summed E-state index contributed by atoms with van der Waals surface area (Å²) in [5.41, 5.74) is 7.13. The predicted molar refractivity (Wildman–Crippen MR) is 153 cm³/mol. The molecule has 3 rings (SSSR count). The zero-order valence-corrected chi connectivity index (χ0v) is 26.8. The van der Waals surface area contributed by atoms with E-state index in [1.807, 2.05) is 6.92 Å². The molecule has 1 heterocycles. The topological polar surface area (TPSA) is 50.2 Å². The second-order valence-corrected chi connectivity index (χ2v) is 15.7. The van der Waals surface area contributed by atoms with Gasteiger partial charge in [-0.15, -0.1) is 34.9 Å². The first kappa shape index (κ1) is 32.0. The molecule has 0 amide bonds. The van der Waals surface area contributed by atoms with Crippen molar-refractivity contribution in [3.8, 4) is 11.3 Å². The van der Waals surface area contributed by atoms with E-state index in [1.165, 1.54) is 40.3 Å². The van der Waals surface area contributed by atoms with Gasteiger partial charge in [-0.05, 0) is 54.5 Å². The normalized spacial score (nSPS) is 12.4. The number of pyridine rings is 1. The van der Waals surface area contributed by atoms with Gasteiger partial charge in [0.1, 0.15) is 0 Å². The van der Waals surface area contributed by atoms with E-state index < -0.39 is 8.07 Å². The minimum absolute atomic E-state index is 0. The zero-order chi connectivity index (χ0) is 26.3. The molecule has 1 N–H and O–H groups in total. The van der Waals surface area contributed by atoms with Gasteiger partial charge in [0.15, 0.2) is 5.78 Å². The maximum atomic E-state index is 10.3. The Morgan fingerprint density at radius 2 is 1.78 bits per heavy atom. The number of rotatable bonds is 7. The SMILES string of the molecule is CCC(C)c1ccc2nc(-c3[c-]c(C)cc(C)c3)cc([Si](C)(C)C)c2c1.CCC/C(O)=C/C(C)=O.[Ir]. The van der Waals surface area contributed by atoms with Gasteiger partial charge in [-0.2, -0.15) is 0 Å². The summed E-state index contributed by atoms with van der Waals surface area (Å²) < 4.78 is 0. The van der Waals surface area contributed by atoms with Crippen LogP contribution in [0.25, 0.3) is 22.2 Å². The molecule has 0 bridgehead atoms. The van der Waals surface area contributed by atoms with Crippen molar-refractivity contribution < 1.29 is 30.0 Å². The number of aryl methyl sites for hydroxylation is 2. The van der Waals surface area contributed by atoms with Gasteiger partial charge in [0, 0.05) is 32.6 Å². The molecule has 0 aliphatic rings. The van der Waals surface area contributed by atoms with E-state index in [1.54, 1.807) is 0 Å². The Bertz CT molecular complexity index is 1190. The minimum atomic E-state index is -1.51. The Hall–Kier alpha value is -2.07. The van der Waals surface area contributed by atoms with Crippen LogP contribution in [0.2, 0.25) is 19.6 Å². The average Bonchev–Trinajstić information content (AvgIpc) is 2.76. The van der Waals surface area contributed by atoms with Gasteiger partial charge in [0.2, 0.25) is 0 Å². The number of ketones is 1. The third-order valence-corrected chi connectivity index (χ3v) is 8.15. The molecule has 2 aromatic carbocycles. The third kappa shape index (κ3) is 9.10. The Balaban J connectivity index is 0.000000557. The molecule has 0 aliphatic heterocycles. The van der Waals surface area contributed by atoms with Gasteiger partial charge in [-0.1, -0.05) is 71.6 Å². The third-order valence-electron chi connectivity index (χ3n) is 6.12. The van der Waals surface area contributed by atoms with Gasteiger partial charge in [-0.3, -0.25) is 9.78 Å². The van der Waals surface area contributed by atoms with Crippen molar-refractivity contribution in [1.82, 2.24) is 4.98 Å². The van der Waals surface area contributed by atoms with E-state index in [4.69, 9.17) is 10.1 Å². The van der Waals surface area contributed by atoms with Gasteiger partial charge >= 0.3 is 0 Å². The summed E-state index contributed by atoms with van der Waals surface area (Å²) in [5, 5.41) is 11.7. The summed E-state index contributed by atoms with van der Waals surface area (Å²) in [4.78, 5) is 15.3. The van der Waals surface area contributed by atoms with Crippen molar-refractivity contribution in [2.45, 2.75) is 86.4 Å². The van der Waals surface area contributed by atoms with Crippen LogP contribution in [0.4, 0.5) is 0 Å². The van der Waals surface area contributed by atoms with Crippen LogP contribution in [0.5, 0.6) is 0 Å². The van der Waals surface area contributed by atoms with Crippen LogP contribution in [0.1, 0.15) is 69.6 Å². The van der Waals surface area contributed by atoms with Crippen molar-refractivity contribution >= 4 is 29.9 Å². The number of aliphatic hydroxyl groups excluding tert-OH is 1. The molecule has 0 aliphatic carbocycles. The molecule has 1 radical (unpaired) electrons. The molecular weight excluding hydrogens is 639 g/mol. The number of benzene rings is 2. The van der Waals surface area contributed by atoms with E-state index in [-0.39, 0.29) is 31.6 Å². The second-order valence-electron chi connectivity index (χ2n) is 10.6. The number of aliphatic hydroxyl groups is 1. The molecule has 36 heavy (non-hydrogen) atoms.